The van der Waals surface area contributed by atoms with E-state index in [0.717, 1.165) is 26.5 Å². The predicted octanol–water partition coefficient (Wildman–Crippen LogP) is 5.28. The minimum Gasteiger partial charge on any atom is -0.321 e. The second kappa shape index (κ2) is 5.95. The van der Waals surface area contributed by atoms with Gasteiger partial charge >= 0.3 is 0 Å². The van der Waals surface area contributed by atoms with Gasteiger partial charge in [-0.3, -0.25) is 4.79 Å². The van der Waals surface area contributed by atoms with Gasteiger partial charge in [0.25, 0.3) is 5.91 Å². The molecule has 0 aliphatic carbocycles. The third-order valence-corrected chi connectivity index (χ3v) is 5.35. The van der Waals surface area contributed by atoms with E-state index >= 15 is 0 Å². The summed E-state index contributed by atoms with van der Waals surface area (Å²) in [7, 11) is 0. The average molecular weight is 336 g/mol. The highest BCUT2D eigenvalue weighted by Crippen LogP contribution is 2.31. The van der Waals surface area contributed by atoms with Crippen LogP contribution in [0.1, 0.15) is 9.67 Å². The van der Waals surface area contributed by atoms with Gasteiger partial charge in [0.15, 0.2) is 0 Å². The molecule has 1 amide bonds. The first kappa shape index (κ1) is 14.1. The van der Waals surface area contributed by atoms with Crippen LogP contribution in [0, 0.1) is 0 Å². The smallest absolute Gasteiger partial charge is 0.265 e. The number of hydrogen-bond acceptors (Lipinski definition) is 4. The van der Waals surface area contributed by atoms with Crippen molar-refractivity contribution in [3.63, 3.8) is 0 Å². The molecule has 4 aromatic rings. The molecule has 0 spiro atoms. The Kier molecular flexibility index (Phi) is 3.65. The highest BCUT2D eigenvalue weighted by atomic mass is 32.1. The van der Waals surface area contributed by atoms with Gasteiger partial charge < -0.3 is 5.32 Å². The lowest BCUT2D eigenvalue weighted by Gasteiger charge is -2.02. The standard InChI is InChI=1S/C18H12N2OS2/c21-17(15-7-4-10-22-15)19-13-8-9-14-16(11-13)23-18(20-14)12-5-2-1-3-6-12/h1-11H,(H,19,21). The van der Waals surface area contributed by atoms with Crippen LogP contribution in [0.3, 0.4) is 0 Å². The Morgan fingerprint density at radius 1 is 1.00 bits per heavy atom. The molecule has 2 aromatic heterocycles. The molecule has 0 radical (unpaired) electrons. The van der Waals surface area contributed by atoms with Crippen molar-refractivity contribution < 1.29 is 4.79 Å². The van der Waals surface area contributed by atoms with E-state index in [4.69, 9.17) is 0 Å². The molecule has 2 aromatic carbocycles. The first-order valence-corrected chi connectivity index (χ1v) is 8.80. The van der Waals surface area contributed by atoms with Gasteiger partial charge in [-0.05, 0) is 29.6 Å². The Balaban J connectivity index is 1.64. The SMILES string of the molecule is O=C(Nc1ccc2nc(-c3ccccc3)sc2c1)c1cccs1. The molecule has 0 aliphatic rings. The van der Waals surface area contributed by atoms with E-state index < -0.39 is 0 Å². The van der Waals surface area contributed by atoms with Gasteiger partial charge in [0.05, 0.1) is 15.1 Å². The van der Waals surface area contributed by atoms with E-state index in [-0.39, 0.29) is 5.91 Å². The topological polar surface area (TPSA) is 42.0 Å². The number of nitrogens with zero attached hydrogens (tertiary/aromatic N) is 1. The van der Waals surface area contributed by atoms with Crippen molar-refractivity contribution in [2.45, 2.75) is 0 Å². The number of thiophene rings is 1. The minimum absolute atomic E-state index is 0.0767. The fraction of sp³-hybridized carbons (Fsp3) is 0. The lowest BCUT2D eigenvalue weighted by Crippen LogP contribution is -2.09. The fourth-order valence-electron chi connectivity index (χ4n) is 2.31. The molecule has 0 bridgehead atoms. The Morgan fingerprint density at radius 3 is 2.65 bits per heavy atom. The molecule has 3 nitrogen and oxygen atoms in total. The number of aromatic nitrogens is 1. The summed E-state index contributed by atoms with van der Waals surface area (Å²) >= 11 is 3.06. The Morgan fingerprint density at radius 2 is 1.87 bits per heavy atom. The molecule has 0 fully saturated rings. The van der Waals surface area contributed by atoms with Gasteiger partial charge in [-0.2, -0.15) is 0 Å². The van der Waals surface area contributed by atoms with Crippen molar-refractivity contribution in [1.29, 1.82) is 0 Å². The highest BCUT2D eigenvalue weighted by molar-refractivity contribution is 7.21. The molecule has 2 heterocycles. The number of amides is 1. The summed E-state index contributed by atoms with van der Waals surface area (Å²) in [5.74, 6) is -0.0767. The number of anilines is 1. The van der Waals surface area contributed by atoms with E-state index in [1.165, 1.54) is 11.3 Å². The molecule has 112 valence electrons. The normalized spacial score (nSPS) is 10.8. The summed E-state index contributed by atoms with van der Waals surface area (Å²) in [6, 6.07) is 19.6. The van der Waals surface area contributed by atoms with E-state index in [1.54, 1.807) is 11.3 Å². The van der Waals surface area contributed by atoms with Crippen LogP contribution >= 0.6 is 22.7 Å². The van der Waals surface area contributed by atoms with Crippen molar-refractivity contribution >= 4 is 44.5 Å². The largest absolute Gasteiger partial charge is 0.321 e. The van der Waals surface area contributed by atoms with E-state index in [2.05, 4.69) is 22.4 Å². The van der Waals surface area contributed by atoms with Gasteiger partial charge in [0.1, 0.15) is 5.01 Å². The zero-order valence-corrected chi connectivity index (χ0v) is 13.7. The minimum atomic E-state index is -0.0767. The lowest BCUT2D eigenvalue weighted by atomic mass is 10.2. The monoisotopic (exact) mass is 336 g/mol. The van der Waals surface area contributed by atoms with Crippen molar-refractivity contribution in [1.82, 2.24) is 4.98 Å². The Bertz CT molecular complexity index is 959. The van der Waals surface area contributed by atoms with E-state index in [9.17, 15) is 4.79 Å². The molecule has 5 heteroatoms. The van der Waals surface area contributed by atoms with Crippen molar-refractivity contribution in [2.75, 3.05) is 5.32 Å². The molecular weight excluding hydrogens is 324 g/mol. The third kappa shape index (κ3) is 2.88. The van der Waals surface area contributed by atoms with Crippen LogP contribution in [-0.2, 0) is 0 Å². The van der Waals surface area contributed by atoms with Gasteiger partial charge in [-0.15, -0.1) is 22.7 Å². The van der Waals surface area contributed by atoms with E-state index in [1.807, 2.05) is 53.9 Å². The van der Waals surface area contributed by atoms with Crippen LogP contribution < -0.4 is 5.32 Å². The first-order valence-electron chi connectivity index (χ1n) is 7.10. The summed E-state index contributed by atoms with van der Waals surface area (Å²) in [5, 5.41) is 5.82. The van der Waals surface area contributed by atoms with Gasteiger partial charge in [0.2, 0.25) is 0 Å². The number of carbonyl (C=O) groups excluding carboxylic acids is 1. The molecule has 0 saturated carbocycles. The number of hydrogen-bond donors (Lipinski definition) is 1. The van der Waals surface area contributed by atoms with Crippen LogP contribution in [-0.4, -0.2) is 10.9 Å². The molecule has 0 unspecified atom stereocenters. The van der Waals surface area contributed by atoms with Crippen molar-refractivity contribution in [3.8, 4) is 10.6 Å². The maximum Gasteiger partial charge on any atom is 0.265 e. The number of thiazole rings is 1. The maximum atomic E-state index is 12.1. The van der Waals surface area contributed by atoms with Gasteiger partial charge in [-0.25, -0.2) is 4.98 Å². The van der Waals surface area contributed by atoms with Crippen molar-refractivity contribution in [3.05, 3.63) is 70.9 Å². The lowest BCUT2D eigenvalue weighted by molar-refractivity contribution is 0.103. The van der Waals surface area contributed by atoms with Crippen molar-refractivity contribution in [2.24, 2.45) is 0 Å². The average Bonchev–Trinajstić information content (AvgIpc) is 3.25. The molecule has 0 aliphatic heterocycles. The number of carbonyl (C=O) groups is 1. The second-order valence-electron chi connectivity index (χ2n) is 5.00. The van der Waals surface area contributed by atoms with Crippen LogP contribution in [0.25, 0.3) is 20.8 Å². The predicted molar refractivity (Wildman–Crippen MR) is 97.3 cm³/mol. The zero-order valence-electron chi connectivity index (χ0n) is 12.0. The summed E-state index contributed by atoms with van der Waals surface area (Å²) in [5.41, 5.74) is 2.85. The second-order valence-corrected chi connectivity index (χ2v) is 6.98. The zero-order chi connectivity index (χ0) is 15.6. The Hall–Kier alpha value is -2.50. The number of nitrogens with one attached hydrogen (secondary N) is 1. The first-order chi connectivity index (χ1) is 11.3. The summed E-state index contributed by atoms with van der Waals surface area (Å²) in [6.07, 6.45) is 0. The van der Waals surface area contributed by atoms with Crippen LogP contribution in [0.4, 0.5) is 5.69 Å². The van der Waals surface area contributed by atoms with Crippen LogP contribution in [0.5, 0.6) is 0 Å². The molecule has 0 atom stereocenters. The van der Waals surface area contributed by atoms with Gasteiger partial charge in [-0.1, -0.05) is 36.4 Å². The number of benzene rings is 2. The maximum absolute atomic E-state index is 12.1. The number of fused-ring (bicyclic) bond motifs is 1. The molecule has 23 heavy (non-hydrogen) atoms. The van der Waals surface area contributed by atoms with Gasteiger partial charge in [0, 0.05) is 11.3 Å². The molecular formula is C18H12N2OS2. The molecule has 0 saturated heterocycles. The summed E-state index contributed by atoms with van der Waals surface area (Å²) in [6.45, 7) is 0. The Labute approximate surface area is 141 Å². The van der Waals surface area contributed by atoms with Crippen LogP contribution in [0.15, 0.2) is 66.0 Å². The third-order valence-electron chi connectivity index (χ3n) is 3.41. The highest BCUT2D eigenvalue weighted by Gasteiger charge is 2.10. The summed E-state index contributed by atoms with van der Waals surface area (Å²) < 4.78 is 1.06. The quantitative estimate of drug-likeness (QED) is 0.553. The molecule has 1 N–H and O–H groups in total. The summed E-state index contributed by atoms with van der Waals surface area (Å²) in [4.78, 5) is 17.5. The fourth-order valence-corrected chi connectivity index (χ4v) is 3.94. The number of rotatable bonds is 3. The molecule has 4 rings (SSSR count). The van der Waals surface area contributed by atoms with E-state index in [0.29, 0.717) is 4.88 Å². The van der Waals surface area contributed by atoms with Crippen LogP contribution in [0.2, 0.25) is 0 Å².